The molecule has 0 bridgehead atoms. The number of nitrogens with one attached hydrogen (secondary N) is 1. The Morgan fingerprint density at radius 3 is 2.95 bits per heavy atom. The van der Waals surface area contributed by atoms with Gasteiger partial charge in [0.2, 0.25) is 0 Å². The second-order valence-corrected chi connectivity index (χ2v) is 4.99. The number of hydrogen-bond donors (Lipinski definition) is 1. The third-order valence-corrected chi connectivity index (χ3v) is 3.37. The van der Waals surface area contributed by atoms with Crippen LogP contribution in [0, 0.1) is 15.9 Å². The van der Waals surface area contributed by atoms with E-state index in [9.17, 15) is 14.5 Å². The molecular weight excluding hydrogens is 275 g/mol. The predicted octanol–water partition coefficient (Wildman–Crippen LogP) is 3.37. The first kappa shape index (κ1) is 14.0. The molecule has 2 atom stereocenters. The highest BCUT2D eigenvalue weighted by molar-refractivity contribution is 6.31. The van der Waals surface area contributed by atoms with Crippen molar-refractivity contribution >= 4 is 23.0 Å². The Morgan fingerprint density at radius 2 is 2.32 bits per heavy atom. The van der Waals surface area contributed by atoms with Crippen molar-refractivity contribution in [3.63, 3.8) is 0 Å². The Bertz CT molecular complexity index is 498. The Labute approximate surface area is 114 Å². The third-order valence-electron chi connectivity index (χ3n) is 3.08. The maximum Gasteiger partial charge on any atom is 0.294 e. The lowest BCUT2D eigenvalue weighted by atomic mass is 10.0. The van der Waals surface area contributed by atoms with Gasteiger partial charge < -0.3 is 10.1 Å². The van der Waals surface area contributed by atoms with Crippen LogP contribution in [0.5, 0.6) is 0 Å². The summed E-state index contributed by atoms with van der Waals surface area (Å²) in [6.07, 6.45) is 1.54. The molecule has 0 aliphatic carbocycles. The minimum atomic E-state index is -0.671. The van der Waals surface area contributed by atoms with Gasteiger partial charge in [0.05, 0.1) is 16.0 Å². The molecule has 2 unspecified atom stereocenters. The molecular formula is C12H14ClFN2O3. The maximum atomic E-state index is 13.4. The van der Waals surface area contributed by atoms with Crippen LogP contribution in [-0.2, 0) is 4.74 Å². The number of benzene rings is 1. The van der Waals surface area contributed by atoms with Crippen molar-refractivity contribution in [3.8, 4) is 0 Å². The van der Waals surface area contributed by atoms with Crippen LogP contribution in [0.25, 0.3) is 0 Å². The highest BCUT2D eigenvalue weighted by atomic mass is 35.5. The van der Waals surface area contributed by atoms with E-state index in [1.807, 2.05) is 6.92 Å². The quantitative estimate of drug-likeness (QED) is 0.684. The zero-order valence-electron chi connectivity index (χ0n) is 10.4. The summed E-state index contributed by atoms with van der Waals surface area (Å²) in [6.45, 7) is 2.52. The number of nitro benzene ring substituents is 1. The van der Waals surface area contributed by atoms with Crippen molar-refractivity contribution in [1.29, 1.82) is 0 Å². The lowest BCUT2D eigenvalue weighted by Gasteiger charge is -2.28. The fourth-order valence-corrected chi connectivity index (χ4v) is 2.31. The molecule has 19 heavy (non-hydrogen) atoms. The number of anilines is 1. The number of rotatable bonds is 3. The van der Waals surface area contributed by atoms with E-state index < -0.39 is 10.7 Å². The molecule has 0 spiro atoms. The summed E-state index contributed by atoms with van der Waals surface area (Å²) < 4.78 is 18.8. The Morgan fingerprint density at radius 1 is 1.58 bits per heavy atom. The second-order valence-electron chi connectivity index (χ2n) is 4.59. The van der Waals surface area contributed by atoms with E-state index in [-0.39, 0.29) is 28.5 Å². The van der Waals surface area contributed by atoms with Crippen molar-refractivity contribution in [2.75, 3.05) is 11.9 Å². The fraction of sp³-hybridized carbons (Fsp3) is 0.500. The molecule has 1 aromatic carbocycles. The summed E-state index contributed by atoms with van der Waals surface area (Å²) in [5.74, 6) is -0.671. The van der Waals surface area contributed by atoms with Crippen molar-refractivity contribution in [2.45, 2.75) is 31.9 Å². The molecule has 2 rings (SSSR count). The summed E-state index contributed by atoms with van der Waals surface area (Å²) in [7, 11) is 0. The number of nitro groups is 1. The van der Waals surface area contributed by atoms with E-state index in [0.29, 0.717) is 6.61 Å². The van der Waals surface area contributed by atoms with E-state index in [1.54, 1.807) is 0 Å². The number of ether oxygens (including phenoxy) is 1. The van der Waals surface area contributed by atoms with Crippen LogP contribution in [-0.4, -0.2) is 23.7 Å². The summed E-state index contributed by atoms with van der Waals surface area (Å²) in [4.78, 5) is 10.4. The Hall–Kier alpha value is -1.40. The first-order valence-electron chi connectivity index (χ1n) is 5.99. The second kappa shape index (κ2) is 5.71. The van der Waals surface area contributed by atoms with Gasteiger partial charge in [0.1, 0.15) is 11.5 Å². The standard InChI is InChI=1S/C12H14ClFN2O3/c1-7-4-8(2-3-19-7)15-11-6-10(14)9(13)5-12(11)16(17)18/h5-8,15H,2-4H2,1H3. The van der Waals surface area contributed by atoms with Crippen LogP contribution in [0.4, 0.5) is 15.8 Å². The van der Waals surface area contributed by atoms with E-state index in [1.165, 1.54) is 0 Å². The smallest absolute Gasteiger partial charge is 0.294 e. The zero-order chi connectivity index (χ0) is 14.0. The van der Waals surface area contributed by atoms with E-state index >= 15 is 0 Å². The molecule has 1 saturated heterocycles. The molecule has 7 heteroatoms. The molecule has 1 aliphatic rings. The van der Waals surface area contributed by atoms with Crippen LogP contribution < -0.4 is 5.32 Å². The average molecular weight is 289 g/mol. The van der Waals surface area contributed by atoms with E-state index in [4.69, 9.17) is 16.3 Å². The molecule has 1 aromatic rings. The van der Waals surface area contributed by atoms with E-state index in [0.717, 1.165) is 25.0 Å². The molecule has 0 radical (unpaired) electrons. The number of hydrogen-bond acceptors (Lipinski definition) is 4. The lowest BCUT2D eigenvalue weighted by molar-refractivity contribution is -0.384. The van der Waals surface area contributed by atoms with Gasteiger partial charge in [0, 0.05) is 24.8 Å². The predicted molar refractivity (Wildman–Crippen MR) is 70.1 cm³/mol. The van der Waals surface area contributed by atoms with E-state index in [2.05, 4.69) is 5.32 Å². The first-order chi connectivity index (χ1) is 8.97. The molecule has 1 N–H and O–H groups in total. The molecule has 1 fully saturated rings. The monoisotopic (exact) mass is 288 g/mol. The highest BCUT2D eigenvalue weighted by Crippen LogP contribution is 2.32. The third kappa shape index (κ3) is 3.33. The Balaban J connectivity index is 2.23. The van der Waals surface area contributed by atoms with Gasteiger partial charge in [-0.15, -0.1) is 0 Å². The molecule has 5 nitrogen and oxygen atoms in total. The summed E-state index contributed by atoms with van der Waals surface area (Å²) in [6, 6.07) is 2.13. The topological polar surface area (TPSA) is 64.4 Å². The van der Waals surface area contributed by atoms with Gasteiger partial charge in [0.15, 0.2) is 0 Å². The van der Waals surface area contributed by atoms with Gasteiger partial charge in [0.25, 0.3) is 5.69 Å². The Kier molecular flexibility index (Phi) is 4.21. The van der Waals surface area contributed by atoms with Gasteiger partial charge in [-0.2, -0.15) is 0 Å². The molecule has 0 saturated carbocycles. The molecule has 1 heterocycles. The summed E-state index contributed by atoms with van der Waals surface area (Å²) in [5, 5.41) is 13.7. The minimum absolute atomic E-state index is 0.0306. The van der Waals surface area contributed by atoms with Crippen LogP contribution >= 0.6 is 11.6 Å². The van der Waals surface area contributed by atoms with Crippen LogP contribution in [0.3, 0.4) is 0 Å². The van der Waals surface area contributed by atoms with Gasteiger partial charge in [-0.05, 0) is 19.8 Å². The van der Waals surface area contributed by atoms with Gasteiger partial charge >= 0.3 is 0 Å². The first-order valence-corrected chi connectivity index (χ1v) is 6.36. The van der Waals surface area contributed by atoms with Crippen molar-refractivity contribution < 1.29 is 14.1 Å². The fourth-order valence-electron chi connectivity index (χ4n) is 2.15. The minimum Gasteiger partial charge on any atom is -0.378 e. The summed E-state index contributed by atoms with van der Waals surface area (Å²) in [5.41, 5.74) is -0.0588. The van der Waals surface area contributed by atoms with Crippen LogP contribution in [0.1, 0.15) is 19.8 Å². The van der Waals surface area contributed by atoms with Gasteiger partial charge in [-0.1, -0.05) is 11.6 Å². The maximum absolute atomic E-state index is 13.4. The normalized spacial score (nSPS) is 23.1. The van der Waals surface area contributed by atoms with Crippen LogP contribution in [0.15, 0.2) is 12.1 Å². The van der Waals surface area contributed by atoms with Gasteiger partial charge in [-0.3, -0.25) is 10.1 Å². The summed E-state index contributed by atoms with van der Waals surface area (Å²) >= 11 is 5.57. The van der Waals surface area contributed by atoms with Crippen molar-refractivity contribution in [1.82, 2.24) is 0 Å². The molecule has 104 valence electrons. The highest BCUT2D eigenvalue weighted by Gasteiger charge is 2.24. The SMILES string of the molecule is CC1CC(Nc2cc(F)c(Cl)cc2[N+](=O)[O-])CCO1. The molecule has 1 aliphatic heterocycles. The molecule has 0 amide bonds. The van der Waals surface area contributed by atoms with Crippen molar-refractivity contribution in [3.05, 3.63) is 33.1 Å². The molecule has 0 aromatic heterocycles. The zero-order valence-corrected chi connectivity index (χ0v) is 11.1. The average Bonchev–Trinajstić information content (AvgIpc) is 2.33. The largest absolute Gasteiger partial charge is 0.378 e. The van der Waals surface area contributed by atoms with Crippen molar-refractivity contribution in [2.24, 2.45) is 0 Å². The lowest BCUT2D eigenvalue weighted by Crippen LogP contribution is -2.32. The number of halogens is 2. The van der Waals surface area contributed by atoms with Gasteiger partial charge in [-0.25, -0.2) is 4.39 Å². The number of nitrogens with zero attached hydrogens (tertiary/aromatic N) is 1. The van der Waals surface area contributed by atoms with Crippen LogP contribution in [0.2, 0.25) is 5.02 Å².